The number of anilines is 1. The number of rotatable bonds is 5. The summed E-state index contributed by atoms with van der Waals surface area (Å²) in [5.41, 5.74) is 1.12. The quantitative estimate of drug-likeness (QED) is 0.821. The molecule has 1 unspecified atom stereocenters. The molecule has 1 saturated carbocycles. The van der Waals surface area contributed by atoms with Gasteiger partial charge in [0, 0.05) is 26.7 Å². The van der Waals surface area contributed by atoms with E-state index in [9.17, 15) is 0 Å². The predicted octanol–water partition coefficient (Wildman–Crippen LogP) is 2.04. The van der Waals surface area contributed by atoms with Crippen LogP contribution in [0.3, 0.4) is 0 Å². The van der Waals surface area contributed by atoms with Crippen molar-refractivity contribution < 1.29 is 0 Å². The normalized spacial score (nSPS) is 17.2. The van der Waals surface area contributed by atoms with Gasteiger partial charge < -0.3 is 10.2 Å². The molecule has 1 aromatic heterocycles. The van der Waals surface area contributed by atoms with Crippen LogP contribution in [0.15, 0.2) is 18.2 Å². The van der Waals surface area contributed by atoms with Gasteiger partial charge in [0.15, 0.2) is 0 Å². The summed E-state index contributed by atoms with van der Waals surface area (Å²) in [6, 6.07) is 6.82. The largest absolute Gasteiger partial charge is 0.363 e. The highest BCUT2D eigenvalue weighted by Crippen LogP contribution is 2.32. The van der Waals surface area contributed by atoms with Crippen molar-refractivity contribution in [1.82, 2.24) is 10.3 Å². The van der Waals surface area contributed by atoms with Crippen molar-refractivity contribution in [1.29, 1.82) is 0 Å². The van der Waals surface area contributed by atoms with E-state index in [-0.39, 0.29) is 0 Å². The van der Waals surface area contributed by atoms with E-state index in [1.807, 2.05) is 25.1 Å². The van der Waals surface area contributed by atoms with E-state index in [4.69, 9.17) is 0 Å². The van der Waals surface area contributed by atoms with Gasteiger partial charge in [-0.3, -0.25) is 0 Å². The van der Waals surface area contributed by atoms with Gasteiger partial charge in [-0.25, -0.2) is 4.98 Å². The number of nitrogens with zero attached hydrogens (tertiary/aromatic N) is 2. The summed E-state index contributed by atoms with van der Waals surface area (Å²) in [4.78, 5) is 6.62. The van der Waals surface area contributed by atoms with E-state index >= 15 is 0 Å². The molecule has 3 nitrogen and oxygen atoms in total. The van der Waals surface area contributed by atoms with Crippen LogP contribution in [0.25, 0.3) is 0 Å². The van der Waals surface area contributed by atoms with Crippen LogP contribution >= 0.6 is 0 Å². The smallest absolute Gasteiger partial charge is 0.128 e. The van der Waals surface area contributed by atoms with E-state index in [0.29, 0.717) is 6.04 Å². The molecule has 0 saturated heterocycles. The number of nitrogens with one attached hydrogen (secondary N) is 1. The lowest BCUT2D eigenvalue weighted by atomic mass is 10.2. The second kappa shape index (κ2) is 4.83. The molecule has 0 amide bonds. The van der Waals surface area contributed by atoms with Gasteiger partial charge >= 0.3 is 0 Å². The molecular weight excluding hydrogens is 198 g/mol. The molecule has 0 spiro atoms. The molecule has 1 aliphatic rings. The number of hydrogen-bond donors (Lipinski definition) is 1. The molecule has 2 rings (SSSR count). The Hall–Kier alpha value is -1.09. The lowest BCUT2D eigenvalue weighted by molar-refractivity contribution is 0.492. The van der Waals surface area contributed by atoms with Crippen molar-refractivity contribution in [3.8, 4) is 0 Å². The SMILES string of the molecule is CC(NCc1cccc(N(C)C)n1)C1CC1. The molecule has 0 bridgehead atoms. The average Bonchev–Trinajstić information content (AvgIpc) is 3.10. The van der Waals surface area contributed by atoms with Gasteiger partial charge in [-0.05, 0) is 37.8 Å². The van der Waals surface area contributed by atoms with Crippen molar-refractivity contribution in [2.24, 2.45) is 5.92 Å². The van der Waals surface area contributed by atoms with E-state index in [1.165, 1.54) is 12.8 Å². The first-order valence-electron chi connectivity index (χ1n) is 6.03. The second-order valence-corrected chi connectivity index (χ2v) is 4.89. The zero-order valence-electron chi connectivity index (χ0n) is 10.4. The molecule has 0 radical (unpaired) electrons. The Bertz CT molecular complexity index is 345. The zero-order chi connectivity index (χ0) is 11.5. The van der Waals surface area contributed by atoms with Crippen molar-refractivity contribution in [2.75, 3.05) is 19.0 Å². The molecule has 0 aliphatic heterocycles. The molecule has 1 fully saturated rings. The topological polar surface area (TPSA) is 28.2 Å². The standard InChI is InChI=1S/C13H21N3/c1-10(11-7-8-11)14-9-12-5-4-6-13(15-12)16(2)3/h4-6,10-11,14H,7-9H2,1-3H3. The van der Waals surface area contributed by atoms with Crippen LogP contribution in [0.4, 0.5) is 5.82 Å². The van der Waals surface area contributed by atoms with Crippen LogP contribution in [-0.2, 0) is 6.54 Å². The Kier molecular flexibility index (Phi) is 3.44. The Morgan fingerprint density at radius 1 is 1.44 bits per heavy atom. The molecule has 1 aliphatic carbocycles. The molecule has 88 valence electrons. The molecule has 1 N–H and O–H groups in total. The van der Waals surface area contributed by atoms with E-state index in [1.54, 1.807) is 0 Å². The van der Waals surface area contributed by atoms with Gasteiger partial charge in [0.1, 0.15) is 5.82 Å². The van der Waals surface area contributed by atoms with E-state index in [2.05, 4.69) is 29.4 Å². The van der Waals surface area contributed by atoms with Crippen molar-refractivity contribution in [2.45, 2.75) is 32.4 Å². The second-order valence-electron chi connectivity index (χ2n) is 4.89. The molecular formula is C13H21N3. The van der Waals surface area contributed by atoms with Crippen LogP contribution in [0, 0.1) is 5.92 Å². The first-order valence-corrected chi connectivity index (χ1v) is 6.03. The predicted molar refractivity (Wildman–Crippen MR) is 67.6 cm³/mol. The number of hydrogen-bond acceptors (Lipinski definition) is 3. The third-order valence-corrected chi connectivity index (χ3v) is 3.18. The Morgan fingerprint density at radius 3 is 2.81 bits per heavy atom. The van der Waals surface area contributed by atoms with Crippen molar-refractivity contribution >= 4 is 5.82 Å². The van der Waals surface area contributed by atoms with Crippen molar-refractivity contribution in [3.05, 3.63) is 23.9 Å². The minimum Gasteiger partial charge on any atom is -0.363 e. The maximum Gasteiger partial charge on any atom is 0.128 e. The minimum atomic E-state index is 0.629. The lowest BCUT2D eigenvalue weighted by Gasteiger charge is -2.15. The van der Waals surface area contributed by atoms with Crippen LogP contribution in [0.2, 0.25) is 0 Å². The summed E-state index contributed by atoms with van der Waals surface area (Å²) in [5, 5.41) is 3.55. The third kappa shape index (κ3) is 2.95. The molecule has 1 heterocycles. The Labute approximate surface area is 97.9 Å². The fraction of sp³-hybridized carbons (Fsp3) is 0.615. The Balaban J connectivity index is 1.90. The van der Waals surface area contributed by atoms with Gasteiger partial charge in [0.25, 0.3) is 0 Å². The maximum atomic E-state index is 4.59. The number of pyridine rings is 1. The minimum absolute atomic E-state index is 0.629. The fourth-order valence-electron chi connectivity index (χ4n) is 1.84. The fourth-order valence-corrected chi connectivity index (χ4v) is 1.84. The highest BCUT2D eigenvalue weighted by atomic mass is 15.1. The molecule has 16 heavy (non-hydrogen) atoms. The summed E-state index contributed by atoms with van der Waals surface area (Å²) in [7, 11) is 4.04. The van der Waals surface area contributed by atoms with Crippen molar-refractivity contribution in [3.63, 3.8) is 0 Å². The monoisotopic (exact) mass is 219 g/mol. The van der Waals surface area contributed by atoms with E-state index < -0.39 is 0 Å². The van der Waals surface area contributed by atoms with Gasteiger partial charge in [0.2, 0.25) is 0 Å². The molecule has 0 aromatic carbocycles. The van der Waals surface area contributed by atoms with Gasteiger partial charge in [0.05, 0.1) is 5.69 Å². The molecule has 3 heteroatoms. The van der Waals surface area contributed by atoms with Gasteiger partial charge in [-0.1, -0.05) is 6.07 Å². The first kappa shape index (κ1) is 11.4. The summed E-state index contributed by atoms with van der Waals surface area (Å²) in [5.74, 6) is 1.93. The molecule has 1 atom stereocenters. The zero-order valence-corrected chi connectivity index (χ0v) is 10.4. The van der Waals surface area contributed by atoms with Crippen LogP contribution in [-0.4, -0.2) is 25.1 Å². The van der Waals surface area contributed by atoms with Gasteiger partial charge in [-0.2, -0.15) is 0 Å². The van der Waals surface area contributed by atoms with Crippen LogP contribution in [0.5, 0.6) is 0 Å². The van der Waals surface area contributed by atoms with Crippen LogP contribution in [0.1, 0.15) is 25.5 Å². The summed E-state index contributed by atoms with van der Waals surface area (Å²) in [6.45, 7) is 3.15. The summed E-state index contributed by atoms with van der Waals surface area (Å²) < 4.78 is 0. The highest BCUT2D eigenvalue weighted by molar-refractivity contribution is 5.36. The summed E-state index contributed by atoms with van der Waals surface area (Å²) >= 11 is 0. The Morgan fingerprint density at radius 2 is 2.19 bits per heavy atom. The molecule has 1 aromatic rings. The van der Waals surface area contributed by atoms with Crippen LogP contribution < -0.4 is 10.2 Å². The average molecular weight is 219 g/mol. The maximum absolute atomic E-state index is 4.59. The first-order chi connectivity index (χ1) is 7.66. The third-order valence-electron chi connectivity index (χ3n) is 3.18. The highest BCUT2D eigenvalue weighted by Gasteiger charge is 2.27. The van der Waals surface area contributed by atoms with Gasteiger partial charge in [-0.15, -0.1) is 0 Å². The summed E-state index contributed by atoms with van der Waals surface area (Å²) in [6.07, 6.45) is 2.78. The van der Waals surface area contributed by atoms with E-state index in [0.717, 1.165) is 24.0 Å². The lowest BCUT2D eigenvalue weighted by Crippen LogP contribution is -2.27. The number of aromatic nitrogens is 1.